The molecule has 2 aromatic rings. The summed E-state index contributed by atoms with van der Waals surface area (Å²) in [5.41, 5.74) is 0.639. The van der Waals surface area contributed by atoms with Crippen LogP contribution in [-0.2, 0) is 18.3 Å². The van der Waals surface area contributed by atoms with Crippen molar-refractivity contribution in [3.63, 3.8) is 0 Å². The predicted octanol–water partition coefficient (Wildman–Crippen LogP) is 2.63. The molecule has 0 bridgehead atoms. The number of hydrogen-bond acceptors (Lipinski definition) is 3. The van der Waals surface area contributed by atoms with E-state index in [2.05, 4.69) is 12.0 Å². The summed E-state index contributed by atoms with van der Waals surface area (Å²) in [6.45, 7) is 2.18. The van der Waals surface area contributed by atoms with E-state index in [0.29, 0.717) is 18.8 Å². The van der Waals surface area contributed by atoms with Crippen LogP contribution in [0.15, 0.2) is 24.3 Å². The summed E-state index contributed by atoms with van der Waals surface area (Å²) in [6.07, 6.45) is 3.22. The van der Waals surface area contributed by atoms with Gasteiger partial charge in [0.05, 0.1) is 17.6 Å². The third-order valence-corrected chi connectivity index (χ3v) is 4.78. The maximum absolute atomic E-state index is 12.5. The van der Waals surface area contributed by atoms with E-state index in [0.717, 1.165) is 29.4 Å². The Hall–Kier alpha value is -1.68. The number of nitrogens with zero attached hydrogens (tertiary/aromatic N) is 2. The first-order chi connectivity index (χ1) is 9.99. The predicted molar refractivity (Wildman–Crippen MR) is 82.0 cm³/mol. The molecule has 0 atom stereocenters. The molecule has 0 radical (unpaired) electrons. The molecule has 21 heavy (non-hydrogen) atoms. The molecule has 0 spiro atoms. The number of benzene rings is 1. The Balaban J connectivity index is 1.83. The molecular formula is C17H22N2O2. The van der Waals surface area contributed by atoms with Gasteiger partial charge in [0.25, 0.3) is 0 Å². The van der Waals surface area contributed by atoms with Gasteiger partial charge in [0.15, 0.2) is 5.78 Å². The Labute approximate surface area is 124 Å². The monoisotopic (exact) mass is 286 g/mol. The third kappa shape index (κ3) is 2.60. The molecule has 1 N–H and O–H groups in total. The minimum absolute atomic E-state index is 0.0850. The summed E-state index contributed by atoms with van der Waals surface area (Å²) in [5.74, 6) is 0.520. The smallest absolute Gasteiger partial charge is 0.170 e. The topological polar surface area (TPSA) is 55.1 Å². The molecular weight excluding hydrogens is 264 g/mol. The summed E-state index contributed by atoms with van der Waals surface area (Å²) in [5, 5.41) is 16.1. The van der Waals surface area contributed by atoms with Gasteiger partial charge in [-0.25, -0.2) is 0 Å². The lowest BCUT2D eigenvalue weighted by atomic mass is 9.76. The van der Waals surface area contributed by atoms with Gasteiger partial charge in [-0.15, -0.1) is 0 Å². The first-order valence-corrected chi connectivity index (χ1v) is 7.66. The maximum atomic E-state index is 12.5. The van der Waals surface area contributed by atoms with Crippen LogP contribution >= 0.6 is 0 Å². The number of aliphatic hydroxyl groups is 1. The maximum Gasteiger partial charge on any atom is 0.170 e. The Kier molecular flexibility index (Phi) is 3.57. The van der Waals surface area contributed by atoms with E-state index in [-0.39, 0.29) is 12.2 Å². The minimum atomic E-state index is -1.15. The first kappa shape index (κ1) is 14.3. The van der Waals surface area contributed by atoms with E-state index in [4.69, 9.17) is 0 Å². The average molecular weight is 286 g/mol. The van der Waals surface area contributed by atoms with Gasteiger partial charge in [-0.05, 0) is 37.7 Å². The molecule has 4 heteroatoms. The van der Waals surface area contributed by atoms with E-state index in [9.17, 15) is 9.90 Å². The number of hydrogen-bond donors (Lipinski definition) is 1. The normalized spacial score (nSPS) is 26.1. The molecule has 1 aliphatic rings. The highest BCUT2D eigenvalue weighted by atomic mass is 16.3. The van der Waals surface area contributed by atoms with Crippen molar-refractivity contribution in [2.45, 2.75) is 44.6 Å². The Bertz CT molecular complexity index is 666. The van der Waals surface area contributed by atoms with E-state index in [1.807, 2.05) is 31.3 Å². The van der Waals surface area contributed by atoms with Crippen LogP contribution < -0.4 is 0 Å². The molecule has 1 aromatic carbocycles. The zero-order valence-electron chi connectivity index (χ0n) is 12.7. The standard InChI is InChI=1S/C17H22N2O2/c1-12-7-9-17(21,10-8-12)16(20)11-14-13-5-3-4-6-15(13)19(2)18-14/h3-6,12,21H,7-11H2,1-2H3. The number of aromatic nitrogens is 2. The number of rotatable bonds is 3. The van der Waals surface area contributed by atoms with Gasteiger partial charge >= 0.3 is 0 Å². The van der Waals surface area contributed by atoms with Crippen molar-refractivity contribution in [2.75, 3.05) is 0 Å². The van der Waals surface area contributed by atoms with Crippen molar-refractivity contribution in [1.82, 2.24) is 9.78 Å². The van der Waals surface area contributed by atoms with Gasteiger partial charge in [-0.1, -0.05) is 25.1 Å². The summed E-state index contributed by atoms with van der Waals surface area (Å²) in [6, 6.07) is 7.89. The van der Waals surface area contributed by atoms with Crippen molar-refractivity contribution >= 4 is 16.7 Å². The first-order valence-electron chi connectivity index (χ1n) is 7.66. The fourth-order valence-electron chi connectivity index (χ4n) is 3.25. The summed E-state index contributed by atoms with van der Waals surface area (Å²) in [7, 11) is 1.88. The van der Waals surface area contributed by atoms with Gasteiger partial charge in [-0.2, -0.15) is 5.10 Å². The molecule has 3 rings (SSSR count). The number of ketones is 1. The number of aryl methyl sites for hydroxylation is 1. The molecule has 0 unspecified atom stereocenters. The van der Waals surface area contributed by atoms with E-state index in [1.165, 1.54) is 0 Å². The molecule has 0 aliphatic heterocycles. The van der Waals surface area contributed by atoms with Crippen LogP contribution in [0.25, 0.3) is 10.9 Å². The van der Waals surface area contributed by atoms with Crippen molar-refractivity contribution < 1.29 is 9.90 Å². The summed E-state index contributed by atoms with van der Waals surface area (Å²) in [4.78, 5) is 12.5. The second-order valence-corrected chi connectivity index (χ2v) is 6.40. The van der Waals surface area contributed by atoms with E-state index < -0.39 is 5.60 Å². The average Bonchev–Trinajstić information content (AvgIpc) is 2.79. The summed E-state index contributed by atoms with van der Waals surface area (Å²) >= 11 is 0. The Morgan fingerprint density at radius 1 is 1.38 bits per heavy atom. The van der Waals surface area contributed by atoms with Crippen LogP contribution in [0.3, 0.4) is 0 Å². The van der Waals surface area contributed by atoms with Crippen molar-refractivity contribution in [2.24, 2.45) is 13.0 Å². The van der Waals surface area contributed by atoms with Gasteiger partial charge in [-0.3, -0.25) is 9.48 Å². The van der Waals surface area contributed by atoms with Gasteiger partial charge < -0.3 is 5.11 Å². The molecule has 1 aromatic heterocycles. The number of para-hydroxylation sites is 1. The third-order valence-electron chi connectivity index (χ3n) is 4.78. The van der Waals surface area contributed by atoms with Crippen LogP contribution in [0.5, 0.6) is 0 Å². The highest BCUT2D eigenvalue weighted by Gasteiger charge is 2.38. The Morgan fingerprint density at radius 3 is 2.76 bits per heavy atom. The zero-order valence-corrected chi connectivity index (χ0v) is 12.7. The Morgan fingerprint density at radius 2 is 2.05 bits per heavy atom. The highest BCUT2D eigenvalue weighted by molar-refractivity contribution is 5.92. The zero-order chi connectivity index (χ0) is 15.0. The molecule has 4 nitrogen and oxygen atoms in total. The van der Waals surface area contributed by atoms with Crippen LogP contribution in [0, 0.1) is 5.92 Å². The van der Waals surface area contributed by atoms with Crippen molar-refractivity contribution in [3.05, 3.63) is 30.0 Å². The SMILES string of the molecule is CC1CCC(O)(C(=O)Cc2nn(C)c3ccccc23)CC1. The number of carbonyl (C=O) groups is 1. The molecule has 1 fully saturated rings. The van der Waals surface area contributed by atoms with Gasteiger partial charge in [0, 0.05) is 12.4 Å². The van der Waals surface area contributed by atoms with Gasteiger partial charge in [0.2, 0.25) is 0 Å². The van der Waals surface area contributed by atoms with E-state index >= 15 is 0 Å². The second-order valence-electron chi connectivity index (χ2n) is 6.40. The molecule has 1 aliphatic carbocycles. The quantitative estimate of drug-likeness (QED) is 0.943. The second kappa shape index (κ2) is 5.26. The lowest BCUT2D eigenvalue weighted by molar-refractivity contribution is -0.140. The number of carbonyl (C=O) groups excluding carboxylic acids is 1. The molecule has 1 heterocycles. The fourth-order valence-corrected chi connectivity index (χ4v) is 3.25. The van der Waals surface area contributed by atoms with Crippen LogP contribution in [0.2, 0.25) is 0 Å². The lowest BCUT2D eigenvalue weighted by Gasteiger charge is -2.33. The van der Waals surface area contributed by atoms with Crippen molar-refractivity contribution in [3.8, 4) is 0 Å². The lowest BCUT2D eigenvalue weighted by Crippen LogP contribution is -2.42. The largest absolute Gasteiger partial charge is 0.382 e. The molecule has 0 amide bonds. The van der Waals surface area contributed by atoms with Crippen LogP contribution in [0.4, 0.5) is 0 Å². The highest BCUT2D eigenvalue weighted by Crippen LogP contribution is 2.33. The number of Topliss-reactive ketones (excluding diaryl/α,β-unsaturated/α-hetero) is 1. The van der Waals surface area contributed by atoms with E-state index in [1.54, 1.807) is 4.68 Å². The summed E-state index contributed by atoms with van der Waals surface area (Å²) < 4.78 is 1.80. The molecule has 0 saturated heterocycles. The minimum Gasteiger partial charge on any atom is -0.382 e. The van der Waals surface area contributed by atoms with Crippen LogP contribution in [0.1, 0.15) is 38.3 Å². The van der Waals surface area contributed by atoms with Gasteiger partial charge in [0.1, 0.15) is 5.60 Å². The molecule has 112 valence electrons. The molecule has 1 saturated carbocycles. The number of fused-ring (bicyclic) bond motifs is 1. The van der Waals surface area contributed by atoms with Crippen LogP contribution in [-0.4, -0.2) is 26.3 Å². The van der Waals surface area contributed by atoms with Crippen molar-refractivity contribution in [1.29, 1.82) is 0 Å². The fraction of sp³-hybridized carbons (Fsp3) is 0.529.